The van der Waals surface area contributed by atoms with Crippen molar-refractivity contribution in [3.63, 3.8) is 0 Å². The van der Waals surface area contributed by atoms with Crippen molar-refractivity contribution >= 4 is 11.6 Å². The second-order valence-corrected chi connectivity index (χ2v) is 4.51. The second kappa shape index (κ2) is 6.23. The van der Waals surface area contributed by atoms with Gasteiger partial charge in [-0.25, -0.2) is 4.39 Å². The molecule has 0 spiro atoms. The summed E-state index contributed by atoms with van der Waals surface area (Å²) in [5.41, 5.74) is 0.735. The molecule has 0 aliphatic carbocycles. The Hall–Kier alpha value is -1.58. The molecule has 0 aromatic heterocycles. The van der Waals surface area contributed by atoms with E-state index in [-0.39, 0.29) is 17.8 Å². The summed E-state index contributed by atoms with van der Waals surface area (Å²) in [6.45, 7) is 6.52. The number of rotatable bonds is 5. The zero-order chi connectivity index (χ0) is 12.8. The molecule has 2 N–H and O–H groups in total. The minimum Gasteiger partial charge on any atom is -0.374 e. The Balaban J connectivity index is 2.45. The number of carbonyl (C=O) groups is 1. The molecule has 1 atom stereocenters. The van der Waals surface area contributed by atoms with E-state index in [0.717, 1.165) is 5.69 Å². The average molecular weight is 238 g/mol. The fourth-order valence-electron chi connectivity index (χ4n) is 1.32. The zero-order valence-electron chi connectivity index (χ0n) is 10.5. The molecule has 0 radical (unpaired) electrons. The predicted octanol–water partition coefficient (Wildman–Crippen LogP) is 2.40. The lowest BCUT2D eigenvalue weighted by Gasteiger charge is -2.16. The predicted molar refractivity (Wildman–Crippen MR) is 67.3 cm³/mol. The summed E-state index contributed by atoms with van der Waals surface area (Å²) >= 11 is 0. The van der Waals surface area contributed by atoms with Gasteiger partial charge in [0.2, 0.25) is 5.91 Å². The molecule has 0 unspecified atom stereocenters. The topological polar surface area (TPSA) is 41.1 Å². The molecule has 0 aliphatic rings. The Morgan fingerprint density at radius 3 is 2.35 bits per heavy atom. The molecule has 0 aliphatic heterocycles. The maximum atomic E-state index is 12.7. The molecule has 94 valence electrons. The highest BCUT2D eigenvalue weighted by atomic mass is 19.1. The highest BCUT2D eigenvalue weighted by Gasteiger charge is 2.12. The van der Waals surface area contributed by atoms with Crippen molar-refractivity contribution in [1.82, 2.24) is 5.32 Å². The van der Waals surface area contributed by atoms with Gasteiger partial charge in [0.15, 0.2) is 0 Å². The maximum absolute atomic E-state index is 12.7. The Morgan fingerprint density at radius 2 is 1.82 bits per heavy atom. The summed E-state index contributed by atoms with van der Waals surface area (Å²) in [5.74, 6) is 0.0902. The molecule has 0 saturated carbocycles. The lowest BCUT2D eigenvalue weighted by molar-refractivity contribution is -0.121. The van der Waals surface area contributed by atoms with Gasteiger partial charge in [-0.05, 0) is 37.1 Å². The molecular formula is C13H19FN2O. The minimum atomic E-state index is -0.334. The standard InChI is InChI=1S/C13H19FN2O/c1-9(2)8-15-13(17)10(3)16-12-6-4-11(14)5-7-12/h4-7,9-10,16H,8H2,1-3H3,(H,15,17)/t10-/m1/s1. The molecule has 0 bridgehead atoms. The molecule has 0 heterocycles. The Bertz CT molecular complexity index is 362. The van der Waals surface area contributed by atoms with Crippen LogP contribution in [0.15, 0.2) is 24.3 Å². The van der Waals surface area contributed by atoms with Crippen molar-refractivity contribution < 1.29 is 9.18 Å². The monoisotopic (exact) mass is 238 g/mol. The molecular weight excluding hydrogens is 219 g/mol. The molecule has 0 saturated heterocycles. The van der Waals surface area contributed by atoms with E-state index in [1.807, 2.05) is 13.8 Å². The van der Waals surface area contributed by atoms with Crippen LogP contribution >= 0.6 is 0 Å². The van der Waals surface area contributed by atoms with E-state index < -0.39 is 0 Å². The number of benzene rings is 1. The van der Waals surface area contributed by atoms with Gasteiger partial charge in [0, 0.05) is 12.2 Å². The first-order chi connectivity index (χ1) is 7.99. The fraction of sp³-hybridized carbons (Fsp3) is 0.462. The molecule has 1 aromatic carbocycles. The number of halogens is 1. The van der Waals surface area contributed by atoms with Gasteiger partial charge in [0.05, 0.1) is 0 Å². The van der Waals surface area contributed by atoms with E-state index >= 15 is 0 Å². The Labute approximate surface area is 101 Å². The fourth-order valence-corrected chi connectivity index (χ4v) is 1.32. The van der Waals surface area contributed by atoms with Gasteiger partial charge in [-0.3, -0.25) is 4.79 Å². The first-order valence-corrected chi connectivity index (χ1v) is 5.79. The van der Waals surface area contributed by atoms with Gasteiger partial charge in [0.25, 0.3) is 0 Å². The van der Waals surface area contributed by atoms with Crippen molar-refractivity contribution in [1.29, 1.82) is 0 Å². The van der Waals surface area contributed by atoms with Crippen molar-refractivity contribution in [2.24, 2.45) is 5.92 Å². The van der Waals surface area contributed by atoms with Crippen molar-refractivity contribution in [3.05, 3.63) is 30.1 Å². The van der Waals surface area contributed by atoms with Crippen molar-refractivity contribution in [2.45, 2.75) is 26.8 Å². The largest absolute Gasteiger partial charge is 0.374 e. The summed E-state index contributed by atoms with van der Waals surface area (Å²) in [7, 11) is 0. The van der Waals surface area contributed by atoms with Crippen LogP contribution in [0.2, 0.25) is 0 Å². The average Bonchev–Trinajstić information content (AvgIpc) is 2.28. The number of anilines is 1. The van der Waals surface area contributed by atoms with Crippen molar-refractivity contribution in [3.8, 4) is 0 Å². The van der Waals surface area contributed by atoms with Gasteiger partial charge in [-0.1, -0.05) is 13.8 Å². The normalized spacial score (nSPS) is 12.3. The van der Waals surface area contributed by atoms with Gasteiger partial charge in [0.1, 0.15) is 11.9 Å². The highest BCUT2D eigenvalue weighted by molar-refractivity contribution is 5.84. The third kappa shape index (κ3) is 4.85. The summed E-state index contributed by atoms with van der Waals surface area (Å²) < 4.78 is 12.7. The smallest absolute Gasteiger partial charge is 0.242 e. The van der Waals surface area contributed by atoms with E-state index in [9.17, 15) is 9.18 Å². The first-order valence-electron chi connectivity index (χ1n) is 5.79. The van der Waals surface area contributed by atoms with Crippen LogP contribution in [0.25, 0.3) is 0 Å². The number of carbonyl (C=O) groups excluding carboxylic acids is 1. The van der Waals surface area contributed by atoms with Crippen LogP contribution in [0.4, 0.5) is 10.1 Å². The van der Waals surface area contributed by atoms with Gasteiger partial charge < -0.3 is 10.6 Å². The van der Waals surface area contributed by atoms with E-state index in [0.29, 0.717) is 12.5 Å². The summed E-state index contributed by atoms with van der Waals surface area (Å²) in [5, 5.41) is 5.85. The van der Waals surface area contributed by atoms with Crippen LogP contribution in [-0.2, 0) is 4.79 Å². The molecule has 17 heavy (non-hydrogen) atoms. The Morgan fingerprint density at radius 1 is 1.24 bits per heavy atom. The van der Waals surface area contributed by atoms with Crippen LogP contribution < -0.4 is 10.6 Å². The molecule has 1 aromatic rings. The second-order valence-electron chi connectivity index (χ2n) is 4.51. The maximum Gasteiger partial charge on any atom is 0.242 e. The van der Waals surface area contributed by atoms with Crippen molar-refractivity contribution in [2.75, 3.05) is 11.9 Å². The van der Waals surface area contributed by atoms with Gasteiger partial charge in [-0.2, -0.15) is 0 Å². The highest BCUT2D eigenvalue weighted by Crippen LogP contribution is 2.09. The third-order valence-electron chi connectivity index (χ3n) is 2.31. The number of amides is 1. The van der Waals surface area contributed by atoms with Crippen LogP contribution in [0.1, 0.15) is 20.8 Å². The van der Waals surface area contributed by atoms with Gasteiger partial charge in [-0.15, -0.1) is 0 Å². The van der Waals surface area contributed by atoms with E-state index in [2.05, 4.69) is 10.6 Å². The van der Waals surface area contributed by atoms with E-state index in [1.54, 1.807) is 19.1 Å². The van der Waals surface area contributed by atoms with Gasteiger partial charge >= 0.3 is 0 Å². The minimum absolute atomic E-state index is 0.0528. The number of nitrogens with one attached hydrogen (secondary N) is 2. The lowest BCUT2D eigenvalue weighted by atomic mass is 10.2. The van der Waals surface area contributed by atoms with E-state index in [4.69, 9.17) is 0 Å². The van der Waals surface area contributed by atoms with Crippen LogP contribution in [0.5, 0.6) is 0 Å². The third-order valence-corrected chi connectivity index (χ3v) is 2.31. The first kappa shape index (κ1) is 13.5. The number of hydrogen-bond acceptors (Lipinski definition) is 2. The van der Waals surface area contributed by atoms with Crippen LogP contribution in [0, 0.1) is 11.7 Å². The number of hydrogen-bond donors (Lipinski definition) is 2. The lowest BCUT2D eigenvalue weighted by Crippen LogP contribution is -2.39. The SMILES string of the molecule is CC(C)CNC(=O)[C@@H](C)Nc1ccc(F)cc1. The zero-order valence-corrected chi connectivity index (χ0v) is 10.5. The molecule has 1 amide bonds. The summed E-state index contributed by atoms with van der Waals surface area (Å²) in [6.07, 6.45) is 0. The van der Waals surface area contributed by atoms with Crippen LogP contribution in [-0.4, -0.2) is 18.5 Å². The van der Waals surface area contributed by atoms with Crippen LogP contribution in [0.3, 0.4) is 0 Å². The van der Waals surface area contributed by atoms with E-state index in [1.165, 1.54) is 12.1 Å². The molecule has 4 heteroatoms. The summed E-state index contributed by atoms with van der Waals surface area (Å²) in [6, 6.07) is 5.62. The summed E-state index contributed by atoms with van der Waals surface area (Å²) in [4.78, 5) is 11.7. The molecule has 3 nitrogen and oxygen atoms in total. The Kier molecular flexibility index (Phi) is 4.94. The molecule has 0 fully saturated rings. The molecule has 1 rings (SSSR count). The quantitative estimate of drug-likeness (QED) is 0.827.